The van der Waals surface area contributed by atoms with Gasteiger partial charge in [0.25, 0.3) is 11.8 Å². The predicted molar refractivity (Wildman–Crippen MR) is 88.7 cm³/mol. The molecule has 3 rings (SSSR count). The molecule has 0 radical (unpaired) electrons. The van der Waals surface area contributed by atoms with Gasteiger partial charge in [-0.15, -0.1) is 0 Å². The molecule has 0 atom stereocenters. The first kappa shape index (κ1) is 16.3. The third kappa shape index (κ3) is 4.05. The fraction of sp³-hybridized carbons (Fsp3) is 0.118. The maximum Gasteiger partial charge on any atom is 0.259 e. The molecule has 8 heteroatoms. The first-order valence-corrected chi connectivity index (χ1v) is 7.41. The minimum Gasteiger partial charge on any atom is -0.507 e. The zero-order valence-corrected chi connectivity index (χ0v) is 13.1. The summed E-state index contributed by atoms with van der Waals surface area (Å²) in [7, 11) is 0. The molecule has 1 aliphatic rings. The quantitative estimate of drug-likeness (QED) is 0.555. The molecule has 128 valence electrons. The van der Waals surface area contributed by atoms with E-state index in [1.165, 1.54) is 18.3 Å². The van der Waals surface area contributed by atoms with Crippen LogP contribution in [0.3, 0.4) is 0 Å². The number of nitrogens with one attached hydrogen (secondary N) is 2. The van der Waals surface area contributed by atoms with Gasteiger partial charge in [0, 0.05) is 0 Å². The van der Waals surface area contributed by atoms with Gasteiger partial charge in [-0.1, -0.05) is 12.1 Å². The average Bonchev–Trinajstić information content (AvgIpc) is 3.08. The van der Waals surface area contributed by atoms with E-state index in [2.05, 4.69) is 15.8 Å². The number of fused-ring (bicyclic) bond motifs is 1. The summed E-state index contributed by atoms with van der Waals surface area (Å²) in [5, 5.41) is 15.8. The molecule has 1 aliphatic heterocycles. The molecule has 2 amide bonds. The first-order valence-electron chi connectivity index (χ1n) is 7.41. The molecule has 3 N–H and O–H groups in total. The molecule has 2 aromatic carbocycles. The van der Waals surface area contributed by atoms with E-state index in [0.717, 1.165) is 5.56 Å². The van der Waals surface area contributed by atoms with Crippen molar-refractivity contribution in [3.8, 4) is 17.2 Å². The molecule has 0 spiro atoms. The van der Waals surface area contributed by atoms with Gasteiger partial charge in [0.2, 0.25) is 6.79 Å². The van der Waals surface area contributed by atoms with Gasteiger partial charge < -0.3 is 19.9 Å². The van der Waals surface area contributed by atoms with Crippen LogP contribution in [0, 0.1) is 0 Å². The lowest BCUT2D eigenvalue weighted by Gasteiger charge is -2.05. The van der Waals surface area contributed by atoms with Crippen LogP contribution in [0.1, 0.15) is 15.9 Å². The Labute approximate surface area is 143 Å². The number of ether oxygens (including phenoxy) is 2. The maximum atomic E-state index is 11.9. The summed E-state index contributed by atoms with van der Waals surface area (Å²) in [6.07, 6.45) is 1.45. The van der Waals surface area contributed by atoms with Crippen molar-refractivity contribution >= 4 is 18.0 Å². The van der Waals surface area contributed by atoms with Crippen molar-refractivity contribution < 1.29 is 24.2 Å². The molecule has 25 heavy (non-hydrogen) atoms. The summed E-state index contributed by atoms with van der Waals surface area (Å²) in [5.74, 6) is 0.0771. The van der Waals surface area contributed by atoms with Crippen molar-refractivity contribution in [3.05, 3.63) is 53.6 Å². The fourth-order valence-corrected chi connectivity index (χ4v) is 2.13. The summed E-state index contributed by atoms with van der Waals surface area (Å²) in [4.78, 5) is 23.6. The SMILES string of the molecule is O=C(CNC(=O)c1ccccc1O)N/N=C/c1ccc2c(c1)OCO2. The smallest absolute Gasteiger partial charge is 0.259 e. The molecule has 8 nitrogen and oxygen atoms in total. The van der Waals surface area contributed by atoms with E-state index in [-0.39, 0.29) is 24.7 Å². The highest BCUT2D eigenvalue weighted by molar-refractivity contribution is 5.98. The van der Waals surface area contributed by atoms with Crippen molar-refractivity contribution in [2.24, 2.45) is 5.10 Å². The Morgan fingerprint density at radius 3 is 2.80 bits per heavy atom. The van der Waals surface area contributed by atoms with Crippen LogP contribution in [-0.4, -0.2) is 36.5 Å². The number of amides is 2. The highest BCUT2D eigenvalue weighted by Gasteiger charge is 2.13. The van der Waals surface area contributed by atoms with Gasteiger partial charge in [-0.3, -0.25) is 9.59 Å². The lowest BCUT2D eigenvalue weighted by atomic mass is 10.2. The van der Waals surface area contributed by atoms with Crippen molar-refractivity contribution in [1.82, 2.24) is 10.7 Å². The summed E-state index contributed by atoms with van der Waals surface area (Å²) >= 11 is 0. The number of hydrazone groups is 1. The second kappa shape index (κ2) is 7.35. The Balaban J connectivity index is 1.48. The third-order valence-corrected chi connectivity index (χ3v) is 3.36. The van der Waals surface area contributed by atoms with E-state index in [4.69, 9.17) is 9.47 Å². The number of para-hydroxylation sites is 1. The number of carbonyl (C=O) groups excluding carboxylic acids is 2. The largest absolute Gasteiger partial charge is 0.507 e. The molecular weight excluding hydrogens is 326 g/mol. The Hall–Kier alpha value is -3.55. The fourth-order valence-electron chi connectivity index (χ4n) is 2.13. The molecule has 1 heterocycles. The number of rotatable bonds is 5. The van der Waals surface area contributed by atoms with Gasteiger partial charge in [0.15, 0.2) is 11.5 Å². The lowest BCUT2D eigenvalue weighted by molar-refractivity contribution is -0.120. The number of carbonyl (C=O) groups is 2. The predicted octanol–water partition coefficient (Wildman–Crippen LogP) is 1.00. The standard InChI is InChI=1S/C17H15N3O5/c21-13-4-2-1-3-12(13)17(23)18-9-16(22)20-19-8-11-5-6-14-15(7-11)25-10-24-14/h1-8,21H,9-10H2,(H,18,23)(H,20,22)/b19-8+. The zero-order chi connectivity index (χ0) is 17.6. The number of phenols is 1. The number of phenolic OH excluding ortho intramolecular Hbond substituents is 1. The normalized spacial score (nSPS) is 12.2. The third-order valence-electron chi connectivity index (χ3n) is 3.36. The van der Waals surface area contributed by atoms with E-state index in [0.29, 0.717) is 11.5 Å². The van der Waals surface area contributed by atoms with Crippen LogP contribution in [0.15, 0.2) is 47.6 Å². The van der Waals surface area contributed by atoms with E-state index < -0.39 is 11.8 Å². The molecule has 0 unspecified atom stereocenters. The number of nitrogens with zero attached hydrogens (tertiary/aromatic N) is 1. The van der Waals surface area contributed by atoms with Crippen molar-refractivity contribution in [1.29, 1.82) is 0 Å². The van der Waals surface area contributed by atoms with Crippen molar-refractivity contribution in [3.63, 3.8) is 0 Å². The van der Waals surface area contributed by atoms with Crippen LogP contribution < -0.4 is 20.2 Å². The van der Waals surface area contributed by atoms with Gasteiger partial charge in [-0.05, 0) is 35.9 Å². The molecule has 2 aromatic rings. The number of hydrogen-bond acceptors (Lipinski definition) is 6. The van der Waals surface area contributed by atoms with Crippen LogP contribution >= 0.6 is 0 Å². The monoisotopic (exact) mass is 341 g/mol. The molecular formula is C17H15N3O5. The van der Waals surface area contributed by atoms with Crippen LogP contribution in [0.25, 0.3) is 0 Å². The van der Waals surface area contributed by atoms with E-state index >= 15 is 0 Å². The Morgan fingerprint density at radius 1 is 1.16 bits per heavy atom. The van der Waals surface area contributed by atoms with Gasteiger partial charge >= 0.3 is 0 Å². The molecule has 0 saturated carbocycles. The molecule has 0 saturated heterocycles. The number of hydrogen-bond donors (Lipinski definition) is 3. The Kier molecular flexibility index (Phi) is 4.79. The molecule has 0 aromatic heterocycles. The van der Waals surface area contributed by atoms with Gasteiger partial charge in [-0.2, -0.15) is 5.10 Å². The van der Waals surface area contributed by atoms with Crippen LogP contribution in [0.2, 0.25) is 0 Å². The highest BCUT2D eigenvalue weighted by Crippen LogP contribution is 2.31. The van der Waals surface area contributed by atoms with E-state index in [9.17, 15) is 14.7 Å². The van der Waals surface area contributed by atoms with Crippen LogP contribution in [0.5, 0.6) is 17.2 Å². The zero-order valence-electron chi connectivity index (χ0n) is 13.1. The summed E-state index contributed by atoms with van der Waals surface area (Å²) in [6.45, 7) is -0.0883. The Bertz CT molecular complexity index is 835. The van der Waals surface area contributed by atoms with Crippen LogP contribution in [0.4, 0.5) is 0 Å². The van der Waals surface area contributed by atoms with Gasteiger partial charge in [0.1, 0.15) is 5.75 Å². The minimum absolute atomic E-state index is 0.0964. The van der Waals surface area contributed by atoms with Crippen LogP contribution in [-0.2, 0) is 4.79 Å². The number of aromatic hydroxyl groups is 1. The van der Waals surface area contributed by atoms with Gasteiger partial charge in [-0.25, -0.2) is 5.43 Å². The molecule has 0 bridgehead atoms. The molecule has 0 fully saturated rings. The topological polar surface area (TPSA) is 109 Å². The maximum absolute atomic E-state index is 11.9. The lowest BCUT2D eigenvalue weighted by Crippen LogP contribution is -2.34. The minimum atomic E-state index is -0.548. The highest BCUT2D eigenvalue weighted by atomic mass is 16.7. The summed E-state index contributed by atoms with van der Waals surface area (Å²) in [6, 6.07) is 11.3. The summed E-state index contributed by atoms with van der Waals surface area (Å²) < 4.78 is 10.4. The van der Waals surface area contributed by atoms with E-state index in [1.54, 1.807) is 30.3 Å². The summed E-state index contributed by atoms with van der Waals surface area (Å²) in [5.41, 5.74) is 3.12. The van der Waals surface area contributed by atoms with E-state index in [1.807, 2.05) is 0 Å². The Morgan fingerprint density at radius 2 is 1.96 bits per heavy atom. The number of benzene rings is 2. The van der Waals surface area contributed by atoms with Crippen molar-refractivity contribution in [2.45, 2.75) is 0 Å². The van der Waals surface area contributed by atoms with Crippen molar-refractivity contribution in [2.75, 3.05) is 13.3 Å². The second-order valence-corrected chi connectivity index (χ2v) is 5.11. The van der Waals surface area contributed by atoms with Gasteiger partial charge in [0.05, 0.1) is 18.3 Å². The first-order chi connectivity index (χ1) is 12.1. The molecule has 0 aliphatic carbocycles. The second-order valence-electron chi connectivity index (χ2n) is 5.11. The average molecular weight is 341 g/mol.